The molecule has 1 aliphatic carbocycles. The van der Waals surface area contributed by atoms with Crippen molar-refractivity contribution in [1.29, 1.82) is 0 Å². The maximum Gasteiger partial charge on any atom is 0.315 e. The van der Waals surface area contributed by atoms with Gasteiger partial charge in [-0.15, -0.1) is 11.3 Å². The van der Waals surface area contributed by atoms with Crippen molar-refractivity contribution in [2.45, 2.75) is 49.8 Å². The van der Waals surface area contributed by atoms with Gasteiger partial charge in [-0.05, 0) is 30.7 Å². The lowest BCUT2D eigenvalue weighted by Crippen LogP contribution is -2.46. The summed E-state index contributed by atoms with van der Waals surface area (Å²) in [5.74, 6) is 0.279. The van der Waals surface area contributed by atoms with Crippen molar-refractivity contribution >= 4 is 27.2 Å². The molecule has 1 fully saturated rings. The lowest BCUT2D eigenvalue weighted by atomic mass is 9.95. The van der Waals surface area contributed by atoms with E-state index in [-0.39, 0.29) is 23.2 Å². The Labute approximate surface area is 136 Å². The highest BCUT2D eigenvalue weighted by molar-refractivity contribution is 7.91. The first-order valence-corrected chi connectivity index (χ1v) is 10.5. The largest absolute Gasteiger partial charge is 0.338 e. The standard InChI is InChI=1S/C15H24N2O3S2/c1-11(14-7-4-8-21-14)10-16-15(18)17-12-5-3-6-13(9-12)22(2,19)20/h4,7-8,11-13H,3,5-6,9-10H2,1-2H3,(H2,16,17,18)/t11-,12+,13-/m1/s1. The van der Waals surface area contributed by atoms with Crippen LogP contribution in [-0.4, -0.2) is 38.5 Å². The third kappa shape index (κ3) is 4.98. The van der Waals surface area contributed by atoms with Crippen molar-refractivity contribution in [2.75, 3.05) is 12.8 Å². The van der Waals surface area contributed by atoms with Crippen LogP contribution in [0.2, 0.25) is 0 Å². The molecule has 2 N–H and O–H groups in total. The summed E-state index contributed by atoms with van der Waals surface area (Å²) in [6.07, 6.45) is 4.19. The number of hydrogen-bond acceptors (Lipinski definition) is 4. The molecule has 2 amide bonds. The minimum atomic E-state index is -3.02. The molecular weight excluding hydrogens is 320 g/mol. The number of rotatable bonds is 5. The van der Waals surface area contributed by atoms with Gasteiger partial charge in [0.05, 0.1) is 5.25 Å². The van der Waals surface area contributed by atoms with Crippen LogP contribution in [0, 0.1) is 0 Å². The molecule has 1 heterocycles. The van der Waals surface area contributed by atoms with Gasteiger partial charge in [0.15, 0.2) is 0 Å². The molecule has 5 nitrogen and oxygen atoms in total. The molecule has 1 aromatic heterocycles. The van der Waals surface area contributed by atoms with E-state index in [0.29, 0.717) is 19.4 Å². The lowest BCUT2D eigenvalue weighted by molar-refractivity contribution is 0.232. The van der Waals surface area contributed by atoms with Crippen molar-refractivity contribution in [3.63, 3.8) is 0 Å². The third-order valence-electron chi connectivity index (χ3n) is 4.16. The summed E-state index contributed by atoms with van der Waals surface area (Å²) in [6, 6.07) is 3.81. The summed E-state index contributed by atoms with van der Waals surface area (Å²) in [5.41, 5.74) is 0. The lowest BCUT2D eigenvalue weighted by Gasteiger charge is -2.28. The first-order chi connectivity index (χ1) is 10.4. The van der Waals surface area contributed by atoms with E-state index in [1.165, 1.54) is 11.1 Å². The highest BCUT2D eigenvalue weighted by Crippen LogP contribution is 2.24. The Morgan fingerprint density at radius 1 is 1.45 bits per heavy atom. The Hall–Kier alpha value is -1.08. The van der Waals surface area contributed by atoms with Crippen LogP contribution >= 0.6 is 11.3 Å². The number of nitrogens with one attached hydrogen (secondary N) is 2. The summed E-state index contributed by atoms with van der Waals surface area (Å²) in [5, 5.41) is 7.49. The van der Waals surface area contributed by atoms with Gasteiger partial charge >= 0.3 is 6.03 Å². The minimum Gasteiger partial charge on any atom is -0.338 e. The fourth-order valence-electron chi connectivity index (χ4n) is 2.82. The monoisotopic (exact) mass is 344 g/mol. The van der Waals surface area contributed by atoms with Crippen LogP contribution in [-0.2, 0) is 9.84 Å². The quantitative estimate of drug-likeness (QED) is 0.862. The molecule has 1 aromatic rings. The third-order valence-corrected chi connectivity index (χ3v) is 6.91. The van der Waals surface area contributed by atoms with Crippen molar-refractivity contribution < 1.29 is 13.2 Å². The Morgan fingerprint density at radius 3 is 2.86 bits per heavy atom. The van der Waals surface area contributed by atoms with Crippen molar-refractivity contribution in [3.8, 4) is 0 Å². The Morgan fingerprint density at radius 2 is 2.23 bits per heavy atom. The first kappa shape index (κ1) is 17.3. The van der Waals surface area contributed by atoms with Gasteiger partial charge in [0, 0.05) is 29.6 Å². The Kier molecular flexibility index (Phi) is 5.86. The van der Waals surface area contributed by atoms with Gasteiger partial charge in [0.1, 0.15) is 9.84 Å². The number of sulfone groups is 1. The predicted octanol–water partition coefficient (Wildman–Crippen LogP) is 2.51. The van der Waals surface area contributed by atoms with Crippen molar-refractivity contribution in [1.82, 2.24) is 10.6 Å². The number of amides is 2. The van der Waals surface area contributed by atoms with E-state index in [1.807, 2.05) is 11.4 Å². The summed E-state index contributed by atoms with van der Waals surface area (Å²) in [4.78, 5) is 13.2. The van der Waals surface area contributed by atoms with Gasteiger partial charge in [0.25, 0.3) is 0 Å². The second-order valence-corrected chi connectivity index (χ2v) is 9.39. The zero-order valence-electron chi connectivity index (χ0n) is 13.0. The van der Waals surface area contributed by atoms with E-state index < -0.39 is 9.84 Å². The van der Waals surface area contributed by atoms with Crippen LogP contribution in [0.1, 0.15) is 43.4 Å². The molecular formula is C15H24N2O3S2. The van der Waals surface area contributed by atoms with Crippen LogP contribution in [0.15, 0.2) is 17.5 Å². The van der Waals surface area contributed by atoms with Crippen LogP contribution in [0.5, 0.6) is 0 Å². The molecule has 1 aliphatic rings. The maximum atomic E-state index is 12.0. The zero-order valence-corrected chi connectivity index (χ0v) is 14.7. The SMILES string of the molecule is C[C@H](CNC(=O)N[C@H]1CCC[C@@H](S(C)(=O)=O)C1)c1cccs1. The predicted molar refractivity (Wildman–Crippen MR) is 90.2 cm³/mol. The summed E-state index contributed by atoms with van der Waals surface area (Å²) < 4.78 is 23.3. The second-order valence-electron chi connectivity index (χ2n) is 6.09. The number of carbonyl (C=O) groups is 1. The van der Waals surface area contributed by atoms with Gasteiger partial charge in [-0.25, -0.2) is 13.2 Å². The number of thiophene rings is 1. The van der Waals surface area contributed by atoms with Gasteiger partial charge in [-0.1, -0.05) is 19.4 Å². The highest BCUT2D eigenvalue weighted by Gasteiger charge is 2.29. The normalized spacial score (nSPS) is 23.7. The van der Waals surface area contributed by atoms with Crippen LogP contribution in [0.3, 0.4) is 0 Å². The van der Waals surface area contributed by atoms with Gasteiger partial charge in [-0.3, -0.25) is 0 Å². The molecule has 3 atom stereocenters. The summed E-state index contributed by atoms with van der Waals surface area (Å²) in [7, 11) is -3.02. The summed E-state index contributed by atoms with van der Waals surface area (Å²) >= 11 is 1.68. The van der Waals surface area contributed by atoms with Gasteiger partial charge in [0.2, 0.25) is 0 Å². The molecule has 7 heteroatoms. The molecule has 0 saturated heterocycles. The molecule has 0 unspecified atom stereocenters. The van der Waals surface area contributed by atoms with Crippen LogP contribution in [0.25, 0.3) is 0 Å². The fourth-order valence-corrected chi connectivity index (χ4v) is 4.78. The Bertz CT molecular complexity index is 584. The second kappa shape index (κ2) is 7.46. The van der Waals surface area contributed by atoms with Gasteiger partial charge < -0.3 is 10.6 Å². The molecule has 22 heavy (non-hydrogen) atoms. The van der Waals surface area contributed by atoms with Crippen LogP contribution in [0.4, 0.5) is 4.79 Å². The molecule has 0 aromatic carbocycles. The topological polar surface area (TPSA) is 75.3 Å². The number of hydrogen-bond donors (Lipinski definition) is 2. The van der Waals surface area contributed by atoms with Gasteiger partial charge in [-0.2, -0.15) is 0 Å². The van der Waals surface area contributed by atoms with E-state index in [1.54, 1.807) is 11.3 Å². The highest BCUT2D eigenvalue weighted by atomic mass is 32.2. The van der Waals surface area contributed by atoms with E-state index in [9.17, 15) is 13.2 Å². The van der Waals surface area contributed by atoms with Crippen molar-refractivity contribution in [3.05, 3.63) is 22.4 Å². The molecule has 0 radical (unpaired) electrons. The average Bonchev–Trinajstić information content (AvgIpc) is 2.98. The molecule has 0 aliphatic heterocycles. The first-order valence-electron chi connectivity index (χ1n) is 7.63. The maximum absolute atomic E-state index is 12.0. The van der Waals surface area contributed by atoms with E-state index in [4.69, 9.17) is 0 Å². The average molecular weight is 345 g/mol. The number of carbonyl (C=O) groups excluding carboxylic acids is 1. The van der Waals surface area contributed by atoms with Crippen molar-refractivity contribution in [2.24, 2.45) is 0 Å². The van der Waals surface area contributed by atoms with E-state index in [2.05, 4.69) is 23.6 Å². The number of urea groups is 1. The Balaban J connectivity index is 1.77. The smallest absolute Gasteiger partial charge is 0.315 e. The zero-order chi connectivity index (χ0) is 16.2. The fraction of sp³-hybridized carbons (Fsp3) is 0.667. The molecule has 1 saturated carbocycles. The molecule has 2 rings (SSSR count). The molecule has 0 spiro atoms. The molecule has 124 valence electrons. The van der Waals surface area contributed by atoms with E-state index in [0.717, 1.165) is 12.8 Å². The van der Waals surface area contributed by atoms with Crippen LogP contribution < -0.4 is 10.6 Å². The minimum absolute atomic E-state index is 0.0504. The van der Waals surface area contributed by atoms with E-state index >= 15 is 0 Å². The molecule has 0 bridgehead atoms. The summed E-state index contributed by atoms with van der Waals surface area (Å²) in [6.45, 7) is 2.65.